The molecule has 0 spiro atoms. The van der Waals surface area contributed by atoms with Crippen molar-refractivity contribution in [3.63, 3.8) is 0 Å². The lowest BCUT2D eigenvalue weighted by Crippen LogP contribution is -2.16. The van der Waals surface area contributed by atoms with E-state index < -0.39 is 0 Å². The predicted molar refractivity (Wildman–Crippen MR) is 70.0 cm³/mol. The molecular weight excluding hydrogens is 200 g/mol. The number of anilines is 2. The standard InChI is InChI=1S/C12H22N4/c1-15(2)7-9-5-10(8-16(3)4)12(14)6-11(9)13/h5-6H,7-8,13-14H2,1-4H3. The Morgan fingerprint density at radius 2 is 1.19 bits per heavy atom. The lowest BCUT2D eigenvalue weighted by atomic mass is 10.1. The van der Waals surface area contributed by atoms with Crippen molar-refractivity contribution in [1.82, 2.24) is 9.80 Å². The van der Waals surface area contributed by atoms with E-state index in [1.807, 2.05) is 34.3 Å². The summed E-state index contributed by atoms with van der Waals surface area (Å²) in [6.45, 7) is 1.68. The zero-order chi connectivity index (χ0) is 12.3. The van der Waals surface area contributed by atoms with Crippen LogP contribution in [0.5, 0.6) is 0 Å². The van der Waals surface area contributed by atoms with Gasteiger partial charge in [0.15, 0.2) is 0 Å². The van der Waals surface area contributed by atoms with Crippen LogP contribution in [0.3, 0.4) is 0 Å². The molecule has 0 saturated heterocycles. The highest BCUT2D eigenvalue weighted by Gasteiger charge is 2.07. The zero-order valence-corrected chi connectivity index (χ0v) is 10.6. The number of benzene rings is 1. The van der Waals surface area contributed by atoms with Crippen molar-refractivity contribution in [1.29, 1.82) is 0 Å². The lowest BCUT2D eigenvalue weighted by molar-refractivity contribution is 0.396. The Morgan fingerprint density at radius 3 is 1.50 bits per heavy atom. The monoisotopic (exact) mass is 222 g/mol. The fourth-order valence-corrected chi connectivity index (χ4v) is 1.69. The first-order valence-corrected chi connectivity index (χ1v) is 5.36. The quantitative estimate of drug-likeness (QED) is 0.745. The van der Waals surface area contributed by atoms with E-state index in [0.29, 0.717) is 0 Å². The minimum atomic E-state index is 0.772. The molecule has 0 unspecified atom stereocenters. The summed E-state index contributed by atoms with van der Waals surface area (Å²) in [5.41, 5.74) is 15.7. The summed E-state index contributed by atoms with van der Waals surface area (Å²) in [5, 5.41) is 0. The first kappa shape index (κ1) is 12.8. The molecule has 0 radical (unpaired) electrons. The van der Waals surface area contributed by atoms with E-state index in [1.54, 1.807) is 0 Å². The third kappa shape index (κ3) is 3.40. The third-order valence-corrected chi connectivity index (χ3v) is 2.37. The number of nitrogens with two attached hydrogens (primary N) is 2. The second-order valence-corrected chi connectivity index (χ2v) is 4.73. The average molecular weight is 222 g/mol. The van der Waals surface area contributed by atoms with Gasteiger partial charge in [0.05, 0.1) is 0 Å². The molecule has 0 heterocycles. The van der Waals surface area contributed by atoms with Crippen LogP contribution in [0.25, 0.3) is 0 Å². The highest BCUT2D eigenvalue weighted by molar-refractivity contribution is 5.61. The van der Waals surface area contributed by atoms with Gasteiger partial charge in [-0.3, -0.25) is 0 Å². The van der Waals surface area contributed by atoms with E-state index in [1.165, 1.54) is 0 Å². The summed E-state index contributed by atoms with van der Waals surface area (Å²) in [6.07, 6.45) is 0. The molecular formula is C12H22N4. The molecule has 1 aromatic rings. The SMILES string of the molecule is CN(C)Cc1cc(CN(C)C)c(N)cc1N. The largest absolute Gasteiger partial charge is 0.398 e. The Balaban J connectivity index is 3.01. The van der Waals surface area contributed by atoms with Crippen molar-refractivity contribution in [3.8, 4) is 0 Å². The van der Waals surface area contributed by atoms with Crippen LogP contribution in [-0.4, -0.2) is 38.0 Å². The number of hydrogen-bond acceptors (Lipinski definition) is 4. The second kappa shape index (κ2) is 5.18. The van der Waals surface area contributed by atoms with E-state index in [4.69, 9.17) is 11.5 Å². The molecule has 0 aromatic heterocycles. The maximum absolute atomic E-state index is 5.95. The fourth-order valence-electron chi connectivity index (χ4n) is 1.69. The molecule has 0 amide bonds. The topological polar surface area (TPSA) is 58.5 Å². The van der Waals surface area contributed by atoms with Gasteiger partial charge in [-0.2, -0.15) is 0 Å². The summed E-state index contributed by atoms with van der Waals surface area (Å²) in [4.78, 5) is 4.20. The first-order valence-electron chi connectivity index (χ1n) is 5.36. The number of hydrogen-bond donors (Lipinski definition) is 2. The fraction of sp³-hybridized carbons (Fsp3) is 0.500. The maximum Gasteiger partial charge on any atom is 0.0380 e. The van der Waals surface area contributed by atoms with Gasteiger partial charge in [-0.15, -0.1) is 0 Å². The Labute approximate surface area is 97.8 Å². The summed E-state index contributed by atoms with van der Waals surface area (Å²) in [7, 11) is 8.12. The molecule has 0 bridgehead atoms. The van der Waals surface area contributed by atoms with Crippen molar-refractivity contribution in [2.75, 3.05) is 39.7 Å². The van der Waals surface area contributed by atoms with Gasteiger partial charge in [-0.05, 0) is 51.5 Å². The molecule has 90 valence electrons. The van der Waals surface area contributed by atoms with Crippen molar-refractivity contribution in [3.05, 3.63) is 23.3 Å². The van der Waals surface area contributed by atoms with Crippen LogP contribution in [0.15, 0.2) is 12.1 Å². The Hall–Kier alpha value is -1.26. The summed E-state index contributed by atoms with van der Waals surface area (Å²) < 4.78 is 0. The van der Waals surface area contributed by atoms with E-state index in [9.17, 15) is 0 Å². The highest BCUT2D eigenvalue weighted by atomic mass is 15.1. The van der Waals surface area contributed by atoms with Crippen LogP contribution in [-0.2, 0) is 13.1 Å². The summed E-state index contributed by atoms with van der Waals surface area (Å²) in [5.74, 6) is 0. The van der Waals surface area contributed by atoms with Gasteiger partial charge in [0, 0.05) is 24.5 Å². The number of nitrogens with zero attached hydrogens (tertiary/aromatic N) is 2. The van der Waals surface area contributed by atoms with Gasteiger partial charge < -0.3 is 21.3 Å². The predicted octanol–water partition coefficient (Wildman–Crippen LogP) is 0.974. The lowest BCUT2D eigenvalue weighted by Gasteiger charge is -2.17. The molecule has 4 heteroatoms. The van der Waals surface area contributed by atoms with Gasteiger partial charge in [-0.25, -0.2) is 0 Å². The molecule has 4 nitrogen and oxygen atoms in total. The van der Waals surface area contributed by atoms with E-state index >= 15 is 0 Å². The average Bonchev–Trinajstić information content (AvgIpc) is 2.11. The molecule has 4 N–H and O–H groups in total. The molecule has 1 rings (SSSR count). The number of nitrogen functional groups attached to an aromatic ring is 2. The molecule has 0 aliphatic rings. The molecule has 0 saturated carbocycles. The Morgan fingerprint density at radius 1 is 0.812 bits per heavy atom. The van der Waals surface area contributed by atoms with Gasteiger partial charge in [-0.1, -0.05) is 0 Å². The van der Waals surface area contributed by atoms with Gasteiger partial charge in [0.1, 0.15) is 0 Å². The molecule has 0 fully saturated rings. The van der Waals surface area contributed by atoms with E-state index in [0.717, 1.165) is 35.6 Å². The molecule has 0 atom stereocenters. The van der Waals surface area contributed by atoms with Crippen LogP contribution in [0, 0.1) is 0 Å². The van der Waals surface area contributed by atoms with Crippen LogP contribution >= 0.6 is 0 Å². The summed E-state index contributed by atoms with van der Waals surface area (Å²) >= 11 is 0. The highest BCUT2D eigenvalue weighted by Crippen LogP contribution is 2.22. The summed E-state index contributed by atoms with van der Waals surface area (Å²) in [6, 6.07) is 3.96. The Kier molecular flexibility index (Phi) is 4.15. The van der Waals surface area contributed by atoms with Crippen LogP contribution in [0.2, 0.25) is 0 Å². The van der Waals surface area contributed by atoms with Crippen molar-refractivity contribution in [2.24, 2.45) is 0 Å². The maximum atomic E-state index is 5.95. The minimum Gasteiger partial charge on any atom is -0.398 e. The van der Waals surface area contributed by atoms with Gasteiger partial charge >= 0.3 is 0 Å². The molecule has 0 aliphatic carbocycles. The Bertz CT molecular complexity index is 327. The second-order valence-electron chi connectivity index (χ2n) is 4.73. The smallest absolute Gasteiger partial charge is 0.0380 e. The third-order valence-electron chi connectivity index (χ3n) is 2.37. The van der Waals surface area contributed by atoms with Crippen LogP contribution in [0.4, 0.5) is 11.4 Å². The van der Waals surface area contributed by atoms with Crippen molar-refractivity contribution in [2.45, 2.75) is 13.1 Å². The van der Waals surface area contributed by atoms with E-state index in [-0.39, 0.29) is 0 Å². The van der Waals surface area contributed by atoms with E-state index in [2.05, 4.69) is 15.9 Å². The van der Waals surface area contributed by atoms with Crippen molar-refractivity contribution < 1.29 is 0 Å². The molecule has 0 aliphatic heterocycles. The normalized spacial score (nSPS) is 11.4. The van der Waals surface area contributed by atoms with Crippen LogP contribution in [0.1, 0.15) is 11.1 Å². The van der Waals surface area contributed by atoms with Crippen molar-refractivity contribution >= 4 is 11.4 Å². The van der Waals surface area contributed by atoms with Gasteiger partial charge in [0.2, 0.25) is 0 Å². The zero-order valence-electron chi connectivity index (χ0n) is 10.6. The first-order chi connectivity index (χ1) is 7.40. The van der Waals surface area contributed by atoms with Gasteiger partial charge in [0.25, 0.3) is 0 Å². The molecule has 16 heavy (non-hydrogen) atoms. The molecule has 1 aromatic carbocycles. The van der Waals surface area contributed by atoms with Crippen LogP contribution < -0.4 is 11.5 Å². The number of rotatable bonds is 4. The minimum absolute atomic E-state index is 0.772.